The molecule has 1 aliphatic heterocycles. The molecule has 1 amide bonds. The van der Waals surface area contributed by atoms with Crippen molar-refractivity contribution in [2.75, 3.05) is 18.5 Å². The number of rotatable bonds is 7. The van der Waals surface area contributed by atoms with Crippen molar-refractivity contribution >= 4 is 44.9 Å². The summed E-state index contributed by atoms with van der Waals surface area (Å²) in [5.74, 6) is -0.676. The molecule has 0 radical (unpaired) electrons. The highest BCUT2D eigenvalue weighted by Crippen LogP contribution is 2.29. The van der Waals surface area contributed by atoms with Gasteiger partial charge in [-0.05, 0) is 36.2 Å². The summed E-state index contributed by atoms with van der Waals surface area (Å²) in [5, 5.41) is 2.95. The second-order valence-electron chi connectivity index (χ2n) is 8.26. The highest BCUT2D eigenvalue weighted by Gasteiger charge is 2.22. The van der Waals surface area contributed by atoms with Crippen LogP contribution in [0, 0.1) is 6.92 Å². The summed E-state index contributed by atoms with van der Waals surface area (Å²) in [6.45, 7) is 1.56. The molecule has 0 saturated heterocycles. The average molecular weight is 504 g/mol. The number of hydrogen-bond donors (Lipinski definition) is 1. The van der Waals surface area contributed by atoms with Gasteiger partial charge in [-0.2, -0.15) is 0 Å². The van der Waals surface area contributed by atoms with Gasteiger partial charge < -0.3 is 14.8 Å². The van der Waals surface area contributed by atoms with Crippen molar-refractivity contribution in [3.05, 3.63) is 86.8 Å². The summed E-state index contributed by atoms with van der Waals surface area (Å²) >= 11 is 1.09. The molecule has 0 unspecified atom stereocenters. The predicted molar refractivity (Wildman–Crippen MR) is 134 cm³/mol. The SMILES string of the molecule is Cc1c(C(=O)OCCc2ccccc2)sc2ncn(CC(=O)c3ccc4c(c3)NC(=O)CO4)c(=O)c12. The minimum absolute atomic E-state index is 0.0794. The number of amides is 1. The Morgan fingerprint density at radius 3 is 2.78 bits per heavy atom. The van der Waals surface area contributed by atoms with E-state index in [1.54, 1.807) is 19.1 Å². The van der Waals surface area contributed by atoms with E-state index in [1.807, 2.05) is 30.3 Å². The van der Waals surface area contributed by atoms with Crippen LogP contribution in [0.1, 0.15) is 31.2 Å². The molecule has 1 N–H and O–H groups in total. The molecule has 0 aliphatic carbocycles. The number of aromatic nitrogens is 2. The number of benzene rings is 2. The molecule has 0 saturated carbocycles. The topological polar surface area (TPSA) is 117 Å². The molecule has 36 heavy (non-hydrogen) atoms. The normalized spacial score (nSPS) is 12.5. The lowest BCUT2D eigenvalue weighted by Gasteiger charge is -2.18. The van der Waals surface area contributed by atoms with E-state index < -0.39 is 11.5 Å². The van der Waals surface area contributed by atoms with Crippen molar-refractivity contribution in [1.82, 2.24) is 9.55 Å². The molecular weight excluding hydrogens is 482 g/mol. The summed E-state index contributed by atoms with van der Waals surface area (Å²) < 4.78 is 12.0. The molecular formula is C26H21N3O6S. The summed E-state index contributed by atoms with van der Waals surface area (Å²) in [6.07, 6.45) is 1.88. The zero-order chi connectivity index (χ0) is 25.2. The van der Waals surface area contributed by atoms with Gasteiger partial charge in [-0.1, -0.05) is 30.3 Å². The first-order valence-corrected chi connectivity index (χ1v) is 12.0. The molecule has 0 spiro atoms. The Bertz CT molecular complexity index is 1560. The quantitative estimate of drug-likeness (QED) is 0.304. The molecule has 10 heteroatoms. The van der Waals surface area contributed by atoms with Crippen LogP contribution >= 0.6 is 11.3 Å². The minimum atomic E-state index is -0.508. The maximum Gasteiger partial charge on any atom is 0.348 e. The van der Waals surface area contributed by atoms with Crippen molar-refractivity contribution < 1.29 is 23.9 Å². The van der Waals surface area contributed by atoms with Crippen LogP contribution in [-0.4, -0.2) is 40.4 Å². The fraction of sp³-hybridized carbons (Fsp3) is 0.192. The number of aryl methyl sites for hydroxylation is 1. The van der Waals surface area contributed by atoms with Crippen LogP contribution in [0.15, 0.2) is 59.7 Å². The molecule has 0 bridgehead atoms. The molecule has 9 nitrogen and oxygen atoms in total. The Morgan fingerprint density at radius 2 is 1.97 bits per heavy atom. The highest BCUT2D eigenvalue weighted by molar-refractivity contribution is 7.20. The summed E-state index contributed by atoms with van der Waals surface area (Å²) in [5.41, 5.74) is 1.84. The highest BCUT2D eigenvalue weighted by atomic mass is 32.1. The zero-order valence-electron chi connectivity index (χ0n) is 19.3. The Kier molecular flexibility index (Phi) is 6.34. The standard InChI is InChI=1S/C26H21N3O6S/c1-15-22-24(36-23(15)26(33)34-10-9-16-5-3-2-4-6-16)27-14-29(25(22)32)12-19(30)17-7-8-20-18(11-17)28-21(31)13-35-20/h2-8,11,14H,9-10,12-13H2,1H3,(H,28,31). The van der Waals surface area contributed by atoms with Crippen LogP contribution < -0.4 is 15.6 Å². The third-order valence-electron chi connectivity index (χ3n) is 5.82. The number of nitrogens with one attached hydrogen (secondary N) is 1. The lowest BCUT2D eigenvalue weighted by atomic mass is 10.1. The van der Waals surface area contributed by atoms with Gasteiger partial charge in [0.1, 0.15) is 15.5 Å². The van der Waals surface area contributed by atoms with Crippen LogP contribution in [0.4, 0.5) is 5.69 Å². The van der Waals surface area contributed by atoms with Crippen LogP contribution in [0.25, 0.3) is 10.2 Å². The second kappa shape index (κ2) is 9.74. The third kappa shape index (κ3) is 4.63. The lowest BCUT2D eigenvalue weighted by Crippen LogP contribution is -2.26. The summed E-state index contributed by atoms with van der Waals surface area (Å²) in [7, 11) is 0. The van der Waals surface area contributed by atoms with Crippen molar-refractivity contribution in [2.45, 2.75) is 19.9 Å². The lowest BCUT2D eigenvalue weighted by molar-refractivity contribution is -0.118. The maximum atomic E-state index is 13.2. The van der Waals surface area contributed by atoms with Gasteiger partial charge in [0, 0.05) is 12.0 Å². The van der Waals surface area contributed by atoms with E-state index in [0.717, 1.165) is 16.9 Å². The van der Waals surface area contributed by atoms with Gasteiger partial charge in [-0.3, -0.25) is 19.0 Å². The first-order valence-electron chi connectivity index (χ1n) is 11.2. The number of esters is 1. The van der Waals surface area contributed by atoms with Gasteiger partial charge in [-0.25, -0.2) is 9.78 Å². The number of anilines is 1. The number of thiophene rings is 1. The fourth-order valence-electron chi connectivity index (χ4n) is 3.94. The van der Waals surface area contributed by atoms with Crippen molar-refractivity contribution in [2.24, 2.45) is 0 Å². The molecule has 2 aromatic heterocycles. The van der Waals surface area contributed by atoms with E-state index in [-0.39, 0.29) is 36.8 Å². The van der Waals surface area contributed by atoms with Crippen molar-refractivity contribution in [3.8, 4) is 5.75 Å². The van der Waals surface area contributed by atoms with Gasteiger partial charge in [-0.15, -0.1) is 11.3 Å². The van der Waals surface area contributed by atoms with Crippen LogP contribution in [0.5, 0.6) is 5.75 Å². The number of ketones is 1. The van der Waals surface area contributed by atoms with E-state index in [2.05, 4.69) is 10.3 Å². The fourth-order valence-corrected chi connectivity index (χ4v) is 4.97. The first-order chi connectivity index (χ1) is 17.4. The molecule has 4 aromatic rings. The Hall–Kier alpha value is -4.31. The van der Waals surface area contributed by atoms with Gasteiger partial charge in [0.15, 0.2) is 12.4 Å². The monoisotopic (exact) mass is 503 g/mol. The zero-order valence-corrected chi connectivity index (χ0v) is 20.1. The van der Waals surface area contributed by atoms with Crippen molar-refractivity contribution in [1.29, 1.82) is 0 Å². The largest absolute Gasteiger partial charge is 0.482 e. The van der Waals surface area contributed by atoms with E-state index >= 15 is 0 Å². The number of fused-ring (bicyclic) bond motifs is 2. The number of hydrogen-bond acceptors (Lipinski definition) is 8. The molecule has 0 atom stereocenters. The first kappa shape index (κ1) is 23.4. The molecule has 182 valence electrons. The maximum absolute atomic E-state index is 13.2. The van der Waals surface area contributed by atoms with Crippen LogP contribution in [0.2, 0.25) is 0 Å². The van der Waals surface area contributed by atoms with Gasteiger partial charge >= 0.3 is 5.97 Å². The van der Waals surface area contributed by atoms with Gasteiger partial charge in [0.05, 0.1) is 30.6 Å². The van der Waals surface area contributed by atoms with Gasteiger partial charge in [0.2, 0.25) is 0 Å². The number of ether oxygens (including phenoxy) is 2. The third-order valence-corrected chi connectivity index (χ3v) is 7.00. The van der Waals surface area contributed by atoms with E-state index in [4.69, 9.17) is 9.47 Å². The van der Waals surface area contributed by atoms with Crippen LogP contribution in [-0.2, 0) is 22.5 Å². The number of nitrogens with zero attached hydrogens (tertiary/aromatic N) is 2. The smallest absolute Gasteiger partial charge is 0.348 e. The molecule has 5 rings (SSSR count). The second-order valence-corrected chi connectivity index (χ2v) is 9.26. The number of Topliss-reactive ketones (excluding diaryl/α,β-unsaturated/α-hetero) is 1. The Balaban J connectivity index is 1.33. The average Bonchev–Trinajstić information content (AvgIpc) is 3.22. The van der Waals surface area contributed by atoms with Crippen molar-refractivity contribution in [3.63, 3.8) is 0 Å². The van der Waals surface area contributed by atoms with E-state index in [0.29, 0.717) is 38.7 Å². The molecule has 3 heterocycles. The Labute approximate surface area is 209 Å². The summed E-state index contributed by atoms with van der Waals surface area (Å²) in [6, 6.07) is 14.4. The van der Waals surface area contributed by atoms with E-state index in [1.165, 1.54) is 17.0 Å². The molecule has 0 fully saturated rings. The minimum Gasteiger partial charge on any atom is -0.482 e. The van der Waals surface area contributed by atoms with E-state index in [9.17, 15) is 19.2 Å². The van der Waals surface area contributed by atoms with Gasteiger partial charge in [0.25, 0.3) is 11.5 Å². The predicted octanol–water partition coefficient (Wildman–Crippen LogP) is 3.38. The number of carbonyl (C=O) groups is 3. The Morgan fingerprint density at radius 1 is 1.17 bits per heavy atom. The van der Waals surface area contributed by atoms with Crippen LogP contribution in [0.3, 0.4) is 0 Å². The molecule has 1 aliphatic rings. The molecule has 2 aromatic carbocycles. The number of carbonyl (C=O) groups excluding carboxylic acids is 3. The summed E-state index contributed by atoms with van der Waals surface area (Å²) in [4.78, 5) is 55.3.